The molecule has 142 valence electrons. The van der Waals surface area contributed by atoms with Gasteiger partial charge in [0.05, 0.1) is 50.9 Å². The molecule has 10 heteroatoms. The van der Waals surface area contributed by atoms with Crippen LogP contribution in [0.15, 0.2) is 18.2 Å². The Labute approximate surface area is 168 Å². The van der Waals surface area contributed by atoms with Crippen LogP contribution in [0.4, 0.5) is 11.6 Å². The van der Waals surface area contributed by atoms with Crippen molar-refractivity contribution < 1.29 is 15.0 Å². The first kappa shape index (κ1) is 19.8. The summed E-state index contributed by atoms with van der Waals surface area (Å²) in [6.07, 6.45) is 0. The number of nitrogens with two attached hydrogens (primary N) is 1. The standard InChI is InChI=1S/C17H16Cl2N4O3S/c1-7(26)15-13(20)12-14(8-2-3-10(18)11(19)4-8)22-17(23-16(12)27-15)21-9(5-24)6-25/h2-4,9,24-25H,5-6,20H2,1H3,(H,21,22,23). The van der Waals surface area contributed by atoms with Gasteiger partial charge in [-0.15, -0.1) is 11.3 Å². The van der Waals surface area contributed by atoms with Crippen LogP contribution >= 0.6 is 34.5 Å². The summed E-state index contributed by atoms with van der Waals surface area (Å²) in [7, 11) is 0. The first-order chi connectivity index (χ1) is 12.8. The van der Waals surface area contributed by atoms with E-state index in [0.717, 1.165) is 11.3 Å². The summed E-state index contributed by atoms with van der Waals surface area (Å²) < 4.78 is 0. The maximum absolute atomic E-state index is 11.9. The van der Waals surface area contributed by atoms with E-state index in [4.69, 9.17) is 28.9 Å². The number of Topliss-reactive ketones (excluding diaryl/α,β-unsaturated/α-hetero) is 1. The van der Waals surface area contributed by atoms with E-state index in [0.29, 0.717) is 42.1 Å². The number of nitrogens with one attached hydrogen (secondary N) is 1. The van der Waals surface area contributed by atoms with Gasteiger partial charge in [-0.2, -0.15) is 0 Å². The van der Waals surface area contributed by atoms with Crippen LogP contribution in [-0.4, -0.2) is 45.2 Å². The molecule has 5 N–H and O–H groups in total. The Morgan fingerprint density at radius 1 is 1.26 bits per heavy atom. The van der Waals surface area contributed by atoms with Crippen LogP contribution in [0.5, 0.6) is 0 Å². The zero-order valence-corrected chi connectivity index (χ0v) is 16.5. The average molecular weight is 427 g/mol. The summed E-state index contributed by atoms with van der Waals surface area (Å²) in [5.74, 6) is 0.0155. The molecule has 0 fully saturated rings. The lowest BCUT2D eigenvalue weighted by Gasteiger charge is -2.14. The normalized spacial score (nSPS) is 11.3. The number of carbonyl (C=O) groups is 1. The van der Waals surface area contributed by atoms with Gasteiger partial charge in [0.25, 0.3) is 0 Å². The fourth-order valence-electron chi connectivity index (χ4n) is 2.53. The molecular weight excluding hydrogens is 411 g/mol. The van der Waals surface area contributed by atoms with Crippen molar-refractivity contribution in [3.8, 4) is 11.3 Å². The van der Waals surface area contributed by atoms with Gasteiger partial charge in [-0.05, 0) is 12.1 Å². The van der Waals surface area contributed by atoms with Crippen molar-refractivity contribution in [1.82, 2.24) is 9.97 Å². The summed E-state index contributed by atoms with van der Waals surface area (Å²) in [6.45, 7) is 0.830. The highest BCUT2D eigenvalue weighted by Gasteiger charge is 2.21. The minimum atomic E-state index is -0.631. The van der Waals surface area contributed by atoms with Gasteiger partial charge in [-0.25, -0.2) is 9.97 Å². The zero-order valence-electron chi connectivity index (χ0n) is 14.2. The Bertz CT molecular complexity index is 1020. The molecule has 3 rings (SSSR count). The Hall–Kier alpha value is -1.97. The second-order valence-corrected chi connectivity index (χ2v) is 7.63. The largest absolute Gasteiger partial charge is 0.397 e. The molecule has 0 atom stereocenters. The molecule has 2 aromatic heterocycles. The first-order valence-corrected chi connectivity index (χ1v) is 9.47. The fourth-order valence-corrected chi connectivity index (χ4v) is 3.82. The van der Waals surface area contributed by atoms with Gasteiger partial charge in [-0.3, -0.25) is 4.79 Å². The van der Waals surface area contributed by atoms with Crippen LogP contribution in [0.25, 0.3) is 21.5 Å². The van der Waals surface area contributed by atoms with Gasteiger partial charge >= 0.3 is 0 Å². The summed E-state index contributed by atoms with van der Waals surface area (Å²) in [6, 6.07) is 4.39. The molecule has 0 aliphatic rings. The number of nitrogens with zero attached hydrogens (tertiary/aromatic N) is 2. The average Bonchev–Trinajstić information content (AvgIpc) is 2.98. The summed E-state index contributed by atoms with van der Waals surface area (Å²) in [5, 5.41) is 22.8. The molecule has 3 aromatic rings. The molecule has 0 aliphatic heterocycles. The van der Waals surface area contributed by atoms with E-state index in [1.807, 2.05) is 0 Å². The Morgan fingerprint density at radius 2 is 1.96 bits per heavy atom. The van der Waals surface area contributed by atoms with E-state index in [-0.39, 0.29) is 24.9 Å². The third kappa shape index (κ3) is 3.85. The van der Waals surface area contributed by atoms with E-state index in [2.05, 4.69) is 15.3 Å². The van der Waals surface area contributed by atoms with E-state index >= 15 is 0 Å². The van der Waals surface area contributed by atoms with Crippen LogP contribution < -0.4 is 11.1 Å². The summed E-state index contributed by atoms with van der Waals surface area (Å²) >= 11 is 13.3. The van der Waals surface area contributed by atoms with Crippen molar-refractivity contribution >= 4 is 62.2 Å². The van der Waals surface area contributed by atoms with Gasteiger partial charge in [0.1, 0.15) is 4.83 Å². The van der Waals surface area contributed by atoms with Crippen molar-refractivity contribution in [2.45, 2.75) is 13.0 Å². The van der Waals surface area contributed by atoms with Crippen LogP contribution in [-0.2, 0) is 0 Å². The number of aliphatic hydroxyl groups excluding tert-OH is 2. The number of carbonyl (C=O) groups excluding carboxylic acids is 1. The molecule has 0 unspecified atom stereocenters. The van der Waals surface area contributed by atoms with Crippen LogP contribution in [0.3, 0.4) is 0 Å². The highest BCUT2D eigenvalue weighted by Crippen LogP contribution is 2.40. The second-order valence-electron chi connectivity index (χ2n) is 5.81. The lowest BCUT2D eigenvalue weighted by atomic mass is 10.1. The number of aromatic nitrogens is 2. The number of aliphatic hydroxyl groups is 2. The molecule has 1 aromatic carbocycles. The smallest absolute Gasteiger partial charge is 0.225 e. The SMILES string of the molecule is CC(=O)c1sc2nc(NC(CO)CO)nc(-c3ccc(Cl)c(Cl)c3)c2c1N. The minimum absolute atomic E-state index is 0.173. The van der Waals surface area contributed by atoms with Gasteiger partial charge < -0.3 is 21.3 Å². The third-order valence-electron chi connectivity index (χ3n) is 3.88. The van der Waals surface area contributed by atoms with Crippen molar-refractivity contribution in [2.75, 3.05) is 24.3 Å². The lowest BCUT2D eigenvalue weighted by Crippen LogP contribution is -2.28. The van der Waals surface area contributed by atoms with Gasteiger partial charge in [0.15, 0.2) is 5.78 Å². The van der Waals surface area contributed by atoms with Crippen molar-refractivity contribution in [2.24, 2.45) is 0 Å². The zero-order chi connectivity index (χ0) is 19.7. The number of nitrogen functional groups attached to an aromatic ring is 1. The number of hydrogen-bond acceptors (Lipinski definition) is 8. The number of fused-ring (bicyclic) bond motifs is 1. The molecule has 7 nitrogen and oxygen atoms in total. The Kier molecular flexibility index (Phi) is 5.83. The molecule has 27 heavy (non-hydrogen) atoms. The lowest BCUT2D eigenvalue weighted by molar-refractivity contribution is 0.102. The quantitative estimate of drug-likeness (QED) is 0.446. The van der Waals surface area contributed by atoms with Crippen molar-refractivity contribution in [3.63, 3.8) is 0 Å². The molecule has 2 heterocycles. The molecule has 0 spiro atoms. The van der Waals surface area contributed by atoms with Gasteiger partial charge in [0, 0.05) is 12.5 Å². The number of hydrogen-bond donors (Lipinski definition) is 4. The fraction of sp³-hybridized carbons (Fsp3) is 0.235. The summed E-state index contributed by atoms with van der Waals surface area (Å²) in [5.41, 5.74) is 7.61. The molecule has 0 aliphatic carbocycles. The topological polar surface area (TPSA) is 121 Å². The molecule has 0 bridgehead atoms. The van der Waals surface area contributed by atoms with Crippen LogP contribution in [0, 0.1) is 0 Å². The van der Waals surface area contributed by atoms with E-state index in [1.54, 1.807) is 18.2 Å². The van der Waals surface area contributed by atoms with E-state index in [1.165, 1.54) is 6.92 Å². The number of rotatable bonds is 6. The van der Waals surface area contributed by atoms with Gasteiger partial charge in [0.2, 0.25) is 5.95 Å². The molecular formula is C17H16Cl2N4O3S. The maximum Gasteiger partial charge on any atom is 0.225 e. The van der Waals surface area contributed by atoms with Crippen LogP contribution in [0.2, 0.25) is 10.0 Å². The Morgan fingerprint density at radius 3 is 2.56 bits per heavy atom. The predicted molar refractivity (Wildman–Crippen MR) is 109 cm³/mol. The van der Waals surface area contributed by atoms with Crippen molar-refractivity contribution in [3.05, 3.63) is 33.1 Å². The molecule has 0 amide bonds. The maximum atomic E-state index is 11.9. The predicted octanol–water partition coefficient (Wildman–Crippen LogP) is 3.22. The number of anilines is 2. The highest BCUT2D eigenvalue weighted by atomic mass is 35.5. The van der Waals surface area contributed by atoms with E-state index < -0.39 is 6.04 Å². The van der Waals surface area contributed by atoms with Gasteiger partial charge in [-0.1, -0.05) is 29.3 Å². The van der Waals surface area contributed by atoms with Crippen molar-refractivity contribution in [1.29, 1.82) is 0 Å². The van der Waals surface area contributed by atoms with Crippen LogP contribution in [0.1, 0.15) is 16.6 Å². The third-order valence-corrected chi connectivity index (χ3v) is 5.81. The minimum Gasteiger partial charge on any atom is -0.397 e. The van der Waals surface area contributed by atoms with E-state index in [9.17, 15) is 15.0 Å². The number of thiophene rings is 1. The number of benzene rings is 1. The summed E-state index contributed by atoms with van der Waals surface area (Å²) in [4.78, 5) is 21.7. The number of ketones is 1. The molecule has 0 radical (unpaired) electrons. The Balaban J connectivity index is 2.26. The first-order valence-electron chi connectivity index (χ1n) is 7.90. The molecule has 0 saturated heterocycles. The molecule has 0 saturated carbocycles. The second kappa shape index (κ2) is 7.95. The number of halogens is 2. The highest BCUT2D eigenvalue weighted by molar-refractivity contribution is 7.21. The monoisotopic (exact) mass is 426 g/mol.